The second-order valence-electron chi connectivity index (χ2n) is 4.92. The quantitative estimate of drug-likeness (QED) is 0.807. The lowest BCUT2D eigenvalue weighted by Crippen LogP contribution is -2.42. The Bertz CT molecular complexity index is 395. The maximum atomic E-state index is 9.71. The van der Waals surface area contributed by atoms with E-state index in [0.29, 0.717) is 0 Å². The topological polar surface area (TPSA) is 56.6 Å². The maximum absolute atomic E-state index is 9.71. The minimum absolute atomic E-state index is 0.0310. The van der Waals surface area contributed by atoms with Crippen LogP contribution in [0.25, 0.3) is 0 Å². The first-order chi connectivity index (χ1) is 8.11. The van der Waals surface area contributed by atoms with Crippen LogP contribution in [0.5, 0.6) is 0 Å². The van der Waals surface area contributed by atoms with E-state index in [1.54, 1.807) is 6.20 Å². The largest absolute Gasteiger partial charge is 0.393 e. The Labute approximate surface area is 102 Å². The lowest BCUT2D eigenvalue weighted by Gasteiger charge is -2.35. The minimum atomic E-state index is -0.191. The van der Waals surface area contributed by atoms with Gasteiger partial charge in [-0.3, -0.25) is 0 Å². The van der Waals surface area contributed by atoms with Gasteiger partial charge in [0.05, 0.1) is 12.7 Å². The molecule has 17 heavy (non-hydrogen) atoms. The van der Waals surface area contributed by atoms with Crippen LogP contribution in [0.3, 0.4) is 0 Å². The van der Waals surface area contributed by atoms with E-state index in [1.807, 2.05) is 13.0 Å². The number of hydrogen-bond donors (Lipinski definition) is 2. The van der Waals surface area contributed by atoms with Gasteiger partial charge in [0.1, 0.15) is 5.82 Å². The molecule has 2 unspecified atom stereocenters. The third-order valence-electron chi connectivity index (χ3n) is 3.45. The van der Waals surface area contributed by atoms with Gasteiger partial charge in [0, 0.05) is 19.3 Å². The van der Waals surface area contributed by atoms with E-state index in [4.69, 9.17) is 5.11 Å². The van der Waals surface area contributed by atoms with Gasteiger partial charge in [-0.25, -0.2) is 4.98 Å². The summed E-state index contributed by atoms with van der Waals surface area (Å²) in [4.78, 5) is 6.63. The van der Waals surface area contributed by atoms with Crippen LogP contribution in [0.4, 0.5) is 5.82 Å². The Balaban J connectivity index is 2.17. The zero-order valence-electron chi connectivity index (χ0n) is 10.4. The van der Waals surface area contributed by atoms with Crippen molar-refractivity contribution in [3.05, 3.63) is 23.4 Å². The second-order valence-corrected chi connectivity index (χ2v) is 4.92. The van der Waals surface area contributed by atoms with Crippen LogP contribution in [0, 0.1) is 12.8 Å². The van der Waals surface area contributed by atoms with Crippen LogP contribution in [-0.2, 0) is 6.61 Å². The number of aliphatic hydroxyl groups is 2. The summed E-state index contributed by atoms with van der Waals surface area (Å²) in [6.07, 6.45) is 2.32. The zero-order chi connectivity index (χ0) is 12.4. The molecule has 4 heteroatoms. The van der Waals surface area contributed by atoms with Gasteiger partial charge in [0.15, 0.2) is 0 Å². The summed E-state index contributed by atoms with van der Waals surface area (Å²) in [5, 5.41) is 18.8. The number of nitrogens with zero attached hydrogens (tertiary/aromatic N) is 2. The molecule has 0 spiro atoms. The number of hydrogen-bond acceptors (Lipinski definition) is 4. The summed E-state index contributed by atoms with van der Waals surface area (Å²) in [6.45, 7) is 5.79. The Morgan fingerprint density at radius 3 is 2.88 bits per heavy atom. The summed E-state index contributed by atoms with van der Waals surface area (Å²) >= 11 is 0. The number of aliphatic hydroxyl groups excluding tert-OH is 2. The molecule has 4 nitrogen and oxygen atoms in total. The summed E-state index contributed by atoms with van der Waals surface area (Å²) in [5.74, 6) is 1.25. The number of aromatic nitrogens is 1. The highest BCUT2D eigenvalue weighted by molar-refractivity contribution is 5.47. The molecule has 1 fully saturated rings. The van der Waals surface area contributed by atoms with Gasteiger partial charge in [-0.1, -0.05) is 6.92 Å². The molecule has 0 bridgehead atoms. The Hall–Kier alpha value is -1.13. The van der Waals surface area contributed by atoms with E-state index in [-0.39, 0.29) is 18.6 Å². The monoisotopic (exact) mass is 236 g/mol. The van der Waals surface area contributed by atoms with E-state index in [2.05, 4.69) is 16.8 Å². The van der Waals surface area contributed by atoms with Crippen molar-refractivity contribution < 1.29 is 10.2 Å². The van der Waals surface area contributed by atoms with Crippen LogP contribution in [0.2, 0.25) is 0 Å². The van der Waals surface area contributed by atoms with Crippen molar-refractivity contribution in [2.75, 3.05) is 18.0 Å². The van der Waals surface area contributed by atoms with E-state index in [0.717, 1.165) is 36.5 Å². The third-order valence-corrected chi connectivity index (χ3v) is 3.45. The molecular formula is C13H20N2O2. The molecule has 1 aromatic rings. The molecule has 94 valence electrons. The Morgan fingerprint density at radius 1 is 1.53 bits per heavy atom. The summed E-state index contributed by atoms with van der Waals surface area (Å²) in [7, 11) is 0. The predicted octanol–water partition coefficient (Wildman–Crippen LogP) is 1.09. The number of rotatable bonds is 2. The van der Waals surface area contributed by atoms with Gasteiger partial charge in [-0.05, 0) is 36.5 Å². The Morgan fingerprint density at radius 2 is 2.29 bits per heavy atom. The van der Waals surface area contributed by atoms with Gasteiger partial charge in [0.25, 0.3) is 0 Å². The van der Waals surface area contributed by atoms with Crippen molar-refractivity contribution in [2.45, 2.75) is 33.0 Å². The zero-order valence-corrected chi connectivity index (χ0v) is 10.4. The standard InChI is InChI=1S/C13H20N2O2/c1-9-5-11(8-16)6-14-13(9)15-4-3-12(17)10(2)7-15/h5-6,10,12,16-17H,3-4,7-8H2,1-2H3. The average Bonchev–Trinajstić information content (AvgIpc) is 2.32. The number of anilines is 1. The Kier molecular flexibility index (Phi) is 3.64. The van der Waals surface area contributed by atoms with Crippen molar-refractivity contribution in [1.82, 2.24) is 4.98 Å². The van der Waals surface area contributed by atoms with Gasteiger partial charge < -0.3 is 15.1 Å². The number of aryl methyl sites for hydroxylation is 1. The molecular weight excluding hydrogens is 216 g/mol. The van der Waals surface area contributed by atoms with E-state index in [1.165, 1.54) is 0 Å². The summed E-state index contributed by atoms with van der Waals surface area (Å²) < 4.78 is 0. The number of piperidine rings is 1. The molecule has 0 amide bonds. The van der Waals surface area contributed by atoms with Crippen molar-refractivity contribution in [3.63, 3.8) is 0 Å². The molecule has 2 heterocycles. The molecule has 0 radical (unpaired) electrons. The predicted molar refractivity (Wildman–Crippen MR) is 66.9 cm³/mol. The van der Waals surface area contributed by atoms with E-state index < -0.39 is 0 Å². The fraction of sp³-hybridized carbons (Fsp3) is 0.615. The third kappa shape index (κ3) is 2.58. The first-order valence-electron chi connectivity index (χ1n) is 6.11. The highest BCUT2D eigenvalue weighted by Crippen LogP contribution is 2.24. The molecule has 0 aromatic carbocycles. The molecule has 1 aromatic heterocycles. The molecule has 1 aliphatic rings. The minimum Gasteiger partial charge on any atom is -0.393 e. The van der Waals surface area contributed by atoms with Gasteiger partial charge in [0.2, 0.25) is 0 Å². The van der Waals surface area contributed by atoms with Crippen molar-refractivity contribution in [1.29, 1.82) is 0 Å². The molecule has 0 saturated carbocycles. The first-order valence-corrected chi connectivity index (χ1v) is 6.11. The van der Waals surface area contributed by atoms with Crippen LogP contribution in [0.1, 0.15) is 24.5 Å². The van der Waals surface area contributed by atoms with Crippen molar-refractivity contribution >= 4 is 5.82 Å². The molecule has 2 N–H and O–H groups in total. The fourth-order valence-electron chi connectivity index (χ4n) is 2.37. The molecule has 1 aliphatic heterocycles. The van der Waals surface area contributed by atoms with Crippen LogP contribution in [-0.4, -0.2) is 34.4 Å². The van der Waals surface area contributed by atoms with Crippen molar-refractivity contribution in [2.24, 2.45) is 5.92 Å². The van der Waals surface area contributed by atoms with E-state index in [9.17, 15) is 5.11 Å². The number of pyridine rings is 1. The van der Waals surface area contributed by atoms with Crippen LogP contribution < -0.4 is 4.90 Å². The molecule has 0 aliphatic carbocycles. The van der Waals surface area contributed by atoms with E-state index >= 15 is 0 Å². The smallest absolute Gasteiger partial charge is 0.131 e. The molecule has 2 rings (SSSR count). The summed E-state index contributed by atoms with van der Waals surface area (Å²) in [5.41, 5.74) is 1.93. The molecule has 1 saturated heterocycles. The van der Waals surface area contributed by atoms with Crippen LogP contribution >= 0.6 is 0 Å². The SMILES string of the molecule is Cc1cc(CO)cnc1N1CCC(O)C(C)C1. The van der Waals surface area contributed by atoms with Gasteiger partial charge in [-0.15, -0.1) is 0 Å². The lowest BCUT2D eigenvalue weighted by molar-refractivity contribution is 0.0968. The fourth-order valence-corrected chi connectivity index (χ4v) is 2.37. The second kappa shape index (κ2) is 5.02. The molecule has 2 atom stereocenters. The average molecular weight is 236 g/mol. The normalized spacial score (nSPS) is 25.1. The maximum Gasteiger partial charge on any atom is 0.131 e. The van der Waals surface area contributed by atoms with Gasteiger partial charge in [-0.2, -0.15) is 0 Å². The van der Waals surface area contributed by atoms with Gasteiger partial charge >= 0.3 is 0 Å². The van der Waals surface area contributed by atoms with Crippen molar-refractivity contribution in [3.8, 4) is 0 Å². The highest BCUT2D eigenvalue weighted by Gasteiger charge is 2.25. The van der Waals surface area contributed by atoms with Crippen LogP contribution in [0.15, 0.2) is 12.3 Å². The highest BCUT2D eigenvalue weighted by atomic mass is 16.3. The first kappa shape index (κ1) is 12.3. The lowest BCUT2D eigenvalue weighted by atomic mass is 9.96. The summed E-state index contributed by atoms with van der Waals surface area (Å²) in [6, 6.07) is 1.97.